The normalized spacial score (nSPS) is 12.5. The molecule has 8 heteroatoms. The van der Waals surface area contributed by atoms with Crippen molar-refractivity contribution in [1.82, 2.24) is 4.72 Å². The molecule has 1 aromatic heterocycles. The average molecular weight is 519 g/mol. The maximum absolute atomic E-state index is 13.5. The molecule has 0 fully saturated rings. The van der Waals surface area contributed by atoms with Crippen molar-refractivity contribution in [2.24, 2.45) is 5.92 Å². The molecule has 3 aromatic carbocycles. The molecule has 0 saturated heterocycles. The van der Waals surface area contributed by atoms with Gasteiger partial charge < -0.3 is 4.90 Å². The molecule has 0 radical (unpaired) electrons. The quantitative estimate of drug-likeness (QED) is 0.298. The number of nitrogens with zero attached hydrogens (tertiary/aromatic N) is 1. The van der Waals surface area contributed by atoms with Crippen molar-refractivity contribution in [1.29, 1.82) is 0 Å². The minimum absolute atomic E-state index is 0.0371. The summed E-state index contributed by atoms with van der Waals surface area (Å²) in [7, 11) is -4.19. The number of carbonyl (C=O) groups is 2. The first-order valence-corrected chi connectivity index (χ1v) is 13.9. The van der Waals surface area contributed by atoms with Crippen molar-refractivity contribution in [3.8, 4) is 0 Å². The highest BCUT2D eigenvalue weighted by molar-refractivity contribution is 7.90. The summed E-state index contributed by atoms with van der Waals surface area (Å²) in [5, 5.41) is 5.50. The number of carbonyl (C=O) groups excluding carboxylic acids is 2. The zero-order valence-corrected chi connectivity index (χ0v) is 21.3. The lowest BCUT2D eigenvalue weighted by molar-refractivity contribution is -0.132. The largest absolute Gasteiger partial charge is 0.312 e. The number of fused-ring (bicyclic) bond motifs is 1. The average Bonchev–Trinajstić information content (AvgIpc) is 3.40. The van der Waals surface area contributed by atoms with Crippen molar-refractivity contribution in [2.75, 3.05) is 11.4 Å². The van der Waals surface area contributed by atoms with Crippen LogP contribution in [-0.2, 0) is 19.6 Å². The van der Waals surface area contributed by atoms with E-state index >= 15 is 0 Å². The molecule has 36 heavy (non-hydrogen) atoms. The summed E-state index contributed by atoms with van der Waals surface area (Å²) >= 11 is 1.54. The van der Waals surface area contributed by atoms with Crippen LogP contribution in [0.1, 0.15) is 18.9 Å². The Morgan fingerprint density at radius 3 is 2.39 bits per heavy atom. The second kappa shape index (κ2) is 11.3. The molecule has 0 bridgehead atoms. The molecule has 0 aliphatic heterocycles. The van der Waals surface area contributed by atoms with E-state index in [1.54, 1.807) is 42.5 Å². The summed E-state index contributed by atoms with van der Waals surface area (Å²) in [5.74, 6) is -2.56. The van der Waals surface area contributed by atoms with Crippen molar-refractivity contribution in [3.63, 3.8) is 0 Å². The molecule has 2 amide bonds. The highest BCUT2D eigenvalue weighted by Gasteiger charge is 2.33. The molecule has 0 aliphatic rings. The Morgan fingerprint density at radius 2 is 1.69 bits per heavy atom. The highest BCUT2D eigenvalue weighted by atomic mass is 32.2. The second-order valence-corrected chi connectivity index (χ2v) is 10.6. The fourth-order valence-corrected chi connectivity index (χ4v) is 5.57. The number of anilines is 1. The molecule has 1 heterocycles. The van der Waals surface area contributed by atoms with Gasteiger partial charge in [-0.1, -0.05) is 60.7 Å². The van der Waals surface area contributed by atoms with Gasteiger partial charge in [-0.25, -0.2) is 13.1 Å². The van der Waals surface area contributed by atoms with Gasteiger partial charge in [-0.2, -0.15) is 11.3 Å². The van der Waals surface area contributed by atoms with Crippen LogP contribution in [0, 0.1) is 5.92 Å². The lowest BCUT2D eigenvalue weighted by atomic mass is 10.0. The molecule has 1 unspecified atom stereocenters. The van der Waals surface area contributed by atoms with Gasteiger partial charge >= 0.3 is 0 Å². The Hall–Kier alpha value is -3.75. The molecule has 1 atom stereocenters. The number of sulfonamides is 1. The number of para-hydroxylation sites is 1. The van der Waals surface area contributed by atoms with E-state index in [1.165, 1.54) is 28.4 Å². The number of allylic oxidation sites excluding steroid dienone is 1. The zero-order valence-electron chi connectivity index (χ0n) is 19.7. The van der Waals surface area contributed by atoms with Crippen molar-refractivity contribution >= 4 is 55.7 Å². The molecule has 4 aromatic rings. The van der Waals surface area contributed by atoms with Crippen molar-refractivity contribution in [3.05, 3.63) is 101 Å². The van der Waals surface area contributed by atoms with Gasteiger partial charge in [-0.15, -0.1) is 0 Å². The van der Waals surface area contributed by atoms with Crippen molar-refractivity contribution < 1.29 is 18.0 Å². The Bertz CT molecular complexity index is 1480. The summed E-state index contributed by atoms with van der Waals surface area (Å²) in [5.41, 5.74) is 1.59. The van der Waals surface area contributed by atoms with Gasteiger partial charge in [0.1, 0.15) is 5.92 Å². The van der Waals surface area contributed by atoms with E-state index in [0.29, 0.717) is 12.2 Å². The zero-order chi connectivity index (χ0) is 25.5. The Morgan fingerprint density at radius 1 is 0.972 bits per heavy atom. The van der Waals surface area contributed by atoms with E-state index < -0.39 is 27.8 Å². The summed E-state index contributed by atoms with van der Waals surface area (Å²) in [6.45, 7) is 2.14. The van der Waals surface area contributed by atoms with Gasteiger partial charge in [0.05, 0.1) is 4.90 Å². The van der Waals surface area contributed by atoms with Crippen LogP contribution in [0.3, 0.4) is 0 Å². The van der Waals surface area contributed by atoms with Crippen LogP contribution in [-0.4, -0.2) is 26.8 Å². The van der Waals surface area contributed by atoms with E-state index in [9.17, 15) is 18.0 Å². The third-order valence-corrected chi connectivity index (χ3v) is 7.80. The van der Waals surface area contributed by atoms with Crippen LogP contribution < -0.4 is 9.62 Å². The highest BCUT2D eigenvalue weighted by Crippen LogP contribution is 2.22. The number of nitrogens with one attached hydrogen (secondary N) is 1. The number of amides is 2. The lowest BCUT2D eigenvalue weighted by Crippen LogP contribution is -2.45. The van der Waals surface area contributed by atoms with Crippen LogP contribution in [0.15, 0.2) is 101 Å². The molecule has 0 aliphatic carbocycles. The fraction of sp³-hybridized carbons (Fsp3) is 0.143. The fourth-order valence-electron chi connectivity index (χ4n) is 3.89. The number of rotatable bonds is 9. The standard InChI is InChI=1S/C28H26N2O4S2/c1-2-30(24-12-4-3-5-13-24)28(32)26(14-8-9-21-17-18-35-20-21)27(31)29-36(33,34)25-16-15-22-10-6-7-11-23(22)19-25/h3-13,15-20,26H,2,14H2,1H3,(H,29,31)/b9-8+. The topological polar surface area (TPSA) is 83.6 Å². The molecule has 0 spiro atoms. The van der Waals surface area contributed by atoms with E-state index in [-0.39, 0.29) is 11.3 Å². The van der Waals surface area contributed by atoms with Gasteiger partial charge in [0.15, 0.2) is 0 Å². The van der Waals surface area contributed by atoms with Crippen molar-refractivity contribution in [2.45, 2.75) is 18.2 Å². The minimum Gasteiger partial charge on any atom is -0.312 e. The Labute approximate surface area is 214 Å². The molecule has 6 nitrogen and oxygen atoms in total. The molecule has 1 N–H and O–H groups in total. The Kier molecular flexibility index (Phi) is 7.97. The van der Waals surface area contributed by atoms with E-state index in [0.717, 1.165) is 16.3 Å². The van der Waals surface area contributed by atoms with Crippen LogP contribution in [0.2, 0.25) is 0 Å². The Balaban J connectivity index is 1.61. The van der Waals surface area contributed by atoms with Gasteiger partial charge in [-0.05, 0) is 70.8 Å². The summed E-state index contributed by atoms with van der Waals surface area (Å²) in [6.07, 6.45) is 3.60. The second-order valence-electron chi connectivity index (χ2n) is 8.14. The summed E-state index contributed by atoms with van der Waals surface area (Å²) < 4.78 is 28.4. The number of thiophene rings is 1. The molecular formula is C28H26N2O4S2. The van der Waals surface area contributed by atoms with Crippen LogP contribution >= 0.6 is 11.3 Å². The number of hydrogen-bond donors (Lipinski definition) is 1. The molecule has 0 saturated carbocycles. The summed E-state index contributed by atoms with van der Waals surface area (Å²) in [6, 6.07) is 22.9. The smallest absolute Gasteiger partial charge is 0.264 e. The first-order chi connectivity index (χ1) is 17.4. The van der Waals surface area contributed by atoms with E-state index in [1.807, 2.05) is 54.1 Å². The SMILES string of the molecule is CCN(C(=O)C(C/C=C/c1ccsc1)C(=O)NS(=O)(=O)c1ccc2ccccc2c1)c1ccccc1. The third-order valence-electron chi connectivity index (χ3n) is 5.76. The number of hydrogen-bond acceptors (Lipinski definition) is 5. The third kappa shape index (κ3) is 5.90. The minimum atomic E-state index is -4.19. The molecule has 4 rings (SSSR count). The number of benzene rings is 3. The first kappa shape index (κ1) is 25.3. The predicted molar refractivity (Wildman–Crippen MR) is 145 cm³/mol. The maximum Gasteiger partial charge on any atom is 0.264 e. The predicted octanol–water partition coefficient (Wildman–Crippen LogP) is 5.48. The molecule has 184 valence electrons. The monoisotopic (exact) mass is 518 g/mol. The van der Waals surface area contributed by atoms with Crippen LogP contribution in [0.5, 0.6) is 0 Å². The first-order valence-electron chi connectivity index (χ1n) is 11.5. The molecular weight excluding hydrogens is 492 g/mol. The summed E-state index contributed by atoms with van der Waals surface area (Å²) in [4.78, 5) is 28.3. The maximum atomic E-state index is 13.5. The lowest BCUT2D eigenvalue weighted by Gasteiger charge is -2.25. The van der Waals surface area contributed by atoms with Crippen LogP contribution in [0.25, 0.3) is 16.8 Å². The van der Waals surface area contributed by atoms with Crippen LogP contribution in [0.4, 0.5) is 5.69 Å². The van der Waals surface area contributed by atoms with Gasteiger partial charge in [0.25, 0.3) is 10.0 Å². The van der Waals surface area contributed by atoms with E-state index in [2.05, 4.69) is 4.72 Å². The van der Waals surface area contributed by atoms with E-state index in [4.69, 9.17) is 0 Å². The van der Waals surface area contributed by atoms with Gasteiger partial charge in [-0.3, -0.25) is 9.59 Å². The van der Waals surface area contributed by atoms with Gasteiger partial charge in [0.2, 0.25) is 11.8 Å². The van der Waals surface area contributed by atoms with Gasteiger partial charge in [0, 0.05) is 12.2 Å².